The van der Waals surface area contributed by atoms with Crippen molar-refractivity contribution in [3.63, 3.8) is 0 Å². The van der Waals surface area contributed by atoms with Gasteiger partial charge in [-0.2, -0.15) is 0 Å². The third-order valence-electron chi connectivity index (χ3n) is 3.02. The molecule has 2 rings (SSSR count). The molecule has 0 heterocycles. The minimum absolute atomic E-state index is 0.166. The van der Waals surface area contributed by atoms with E-state index >= 15 is 0 Å². The molecule has 4 nitrogen and oxygen atoms in total. The van der Waals surface area contributed by atoms with Crippen LogP contribution in [0.2, 0.25) is 0 Å². The summed E-state index contributed by atoms with van der Waals surface area (Å²) in [6, 6.07) is 15.0. The van der Waals surface area contributed by atoms with Gasteiger partial charge in [0.2, 0.25) is 0 Å². The van der Waals surface area contributed by atoms with Crippen LogP contribution in [-0.2, 0) is 6.54 Å². The van der Waals surface area contributed by atoms with E-state index in [9.17, 15) is 4.79 Å². The van der Waals surface area contributed by atoms with Gasteiger partial charge in [0.25, 0.3) is 5.91 Å². The molecule has 2 aromatic rings. The van der Waals surface area contributed by atoms with Crippen LogP contribution in [0.5, 0.6) is 5.75 Å². The Kier molecular flexibility index (Phi) is 5.35. The van der Waals surface area contributed by atoms with Crippen LogP contribution in [-0.4, -0.2) is 19.6 Å². The van der Waals surface area contributed by atoms with E-state index in [4.69, 9.17) is 4.74 Å². The normalized spacial score (nSPS) is 10.2. The number of rotatable bonds is 6. The van der Waals surface area contributed by atoms with Crippen molar-refractivity contribution >= 4 is 11.6 Å². The van der Waals surface area contributed by atoms with Gasteiger partial charge in [0.15, 0.2) is 0 Å². The average Bonchev–Trinajstić information content (AvgIpc) is 2.50. The quantitative estimate of drug-likeness (QED) is 0.857. The van der Waals surface area contributed by atoms with Gasteiger partial charge in [0.05, 0.1) is 12.2 Å². The Bertz CT molecular complexity index is 594. The predicted octanol–water partition coefficient (Wildman–Crippen LogP) is 3.06. The fourth-order valence-corrected chi connectivity index (χ4v) is 2.04. The molecule has 0 spiro atoms. The zero-order valence-corrected chi connectivity index (χ0v) is 12.3. The number of amides is 1. The van der Waals surface area contributed by atoms with E-state index in [-0.39, 0.29) is 5.91 Å². The van der Waals surface area contributed by atoms with Crippen LogP contribution in [0.4, 0.5) is 5.69 Å². The van der Waals surface area contributed by atoms with Gasteiger partial charge >= 0.3 is 0 Å². The standard InChI is InChI=1S/C17H20N2O2/c1-3-21-16-7-5-4-6-15(16)17(20)19-14-10-8-13(9-11-14)12-18-2/h4-11,18H,3,12H2,1-2H3,(H,19,20). The average molecular weight is 284 g/mol. The summed E-state index contributed by atoms with van der Waals surface area (Å²) in [5, 5.41) is 5.97. The van der Waals surface area contributed by atoms with E-state index in [1.807, 2.05) is 50.4 Å². The fraction of sp³-hybridized carbons (Fsp3) is 0.235. The lowest BCUT2D eigenvalue weighted by Crippen LogP contribution is -2.13. The molecule has 21 heavy (non-hydrogen) atoms. The monoisotopic (exact) mass is 284 g/mol. The number of hydrogen-bond donors (Lipinski definition) is 2. The predicted molar refractivity (Wildman–Crippen MR) is 84.8 cm³/mol. The summed E-state index contributed by atoms with van der Waals surface area (Å²) in [6.07, 6.45) is 0. The van der Waals surface area contributed by atoms with E-state index in [1.54, 1.807) is 12.1 Å². The molecule has 0 atom stereocenters. The zero-order valence-electron chi connectivity index (χ0n) is 12.3. The van der Waals surface area contributed by atoms with Gasteiger partial charge in [-0.05, 0) is 43.8 Å². The van der Waals surface area contributed by atoms with Crippen LogP contribution < -0.4 is 15.4 Å². The van der Waals surface area contributed by atoms with Crippen LogP contribution in [0.25, 0.3) is 0 Å². The molecule has 0 aromatic heterocycles. The van der Waals surface area contributed by atoms with Gasteiger partial charge < -0.3 is 15.4 Å². The Morgan fingerprint density at radius 1 is 1.10 bits per heavy atom. The highest BCUT2D eigenvalue weighted by molar-refractivity contribution is 6.06. The fourth-order valence-electron chi connectivity index (χ4n) is 2.04. The van der Waals surface area contributed by atoms with Crippen molar-refractivity contribution in [3.05, 3.63) is 59.7 Å². The Morgan fingerprint density at radius 3 is 2.48 bits per heavy atom. The molecule has 0 aliphatic rings. The van der Waals surface area contributed by atoms with Gasteiger partial charge in [-0.25, -0.2) is 0 Å². The first-order valence-corrected chi connectivity index (χ1v) is 7.01. The molecule has 0 radical (unpaired) electrons. The van der Waals surface area contributed by atoms with Crippen molar-refractivity contribution in [2.45, 2.75) is 13.5 Å². The highest BCUT2D eigenvalue weighted by Crippen LogP contribution is 2.20. The minimum atomic E-state index is -0.166. The number of anilines is 1. The van der Waals surface area contributed by atoms with Crippen LogP contribution in [0.15, 0.2) is 48.5 Å². The smallest absolute Gasteiger partial charge is 0.259 e. The number of benzene rings is 2. The zero-order chi connectivity index (χ0) is 15.1. The maximum atomic E-state index is 12.3. The molecule has 2 aromatic carbocycles. The number of carbonyl (C=O) groups is 1. The van der Waals surface area contributed by atoms with E-state index in [1.165, 1.54) is 5.56 Å². The third kappa shape index (κ3) is 4.07. The molecule has 110 valence electrons. The van der Waals surface area contributed by atoms with Crippen molar-refractivity contribution in [1.82, 2.24) is 5.32 Å². The number of para-hydroxylation sites is 1. The molecular weight excluding hydrogens is 264 g/mol. The van der Waals surface area contributed by atoms with Crippen LogP contribution in [0.1, 0.15) is 22.8 Å². The number of carbonyl (C=O) groups excluding carboxylic acids is 1. The number of hydrogen-bond acceptors (Lipinski definition) is 3. The molecular formula is C17H20N2O2. The summed E-state index contributed by atoms with van der Waals surface area (Å²) < 4.78 is 5.48. The molecule has 0 aliphatic heterocycles. The molecule has 2 N–H and O–H groups in total. The van der Waals surface area contributed by atoms with Crippen molar-refractivity contribution in [2.75, 3.05) is 19.0 Å². The number of nitrogens with one attached hydrogen (secondary N) is 2. The highest BCUT2D eigenvalue weighted by Gasteiger charge is 2.11. The Hall–Kier alpha value is -2.33. The summed E-state index contributed by atoms with van der Waals surface area (Å²) in [5.41, 5.74) is 2.48. The Labute approximate surface area is 125 Å². The minimum Gasteiger partial charge on any atom is -0.493 e. The lowest BCUT2D eigenvalue weighted by Gasteiger charge is -2.10. The lowest BCUT2D eigenvalue weighted by molar-refractivity contribution is 0.102. The SMILES string of the molecule is CCOc1ccccc1C(=O)Nc1ccc(CNC)cc1. The first-order valence-electron chi connectivity index (χ1n) is 7.01. The van der Waals surface area contributed by atoms with Crippen molar-refractivity contribution in [1.29, 1.82) is 0 Å². The molecule has 0 saturated heterocycles. The van der Waals surface area contributed by atoms with E-state index in [0.29, 0.717) is 17.9 Å². The first kappa shape index (κ1) is 15.1. The van der Waals surface area contributed by atoms with Gasteiger partial charge in [0.1, 0.15) is 5.75 Å². The second kappa shape index (κ2) is 7.45. The summed E-state index contributed by atoms with van der Waals surface area (Å²) in [6.45, 7) is 3.24. The van der Waals surface area contributed by atoms with Gasteiger partial charge in [-0.1, -0.05) is 24.3 Å². The Morgan fingerprint density at radius 2 is 1.81 bits per heavy atom. The summed E-state index contributed by atoms with van der Waals surface area (Å²) in [4.78, 5) is 12.3. The molecule has 0 unspecified atom stereocenters. The maximum Gasteiger partial charge on any atom is 0.259 e. The second-order valence-electron chi connectivity index (χ2n) is 4.61. The summed E-state index contributed by atoms with van der Waals surface area (Å²) in [5.74, 6) is 0.435. The highest BCUT2D eigenvalue weighted by atomic mass is 16.5. The molecule has 0 saturated carbocycles. The topological polar surface area (TPSA) is 50.4 Å². The summed E-state index contributed by atoms with van der Waals surface area (Å²) in [7, 11) is 1.90. The van der Waals surface area contributed by atoms with E-state index in [2.05, 4.69) is 10.6 Å². The second-order valence-corrected chi connectivity index (χ2v) is 4.61. The van der Waals surface area contributed by atoms with Crippen molar-refractivity contribution < 1.29 is 9.53 Å². The molecule has 0 bridgehead atoms. The van der Waals surface area contributed by atoms with Crippen LogP contribution in [0, 0.1) is 0 Å². The number of ether oxygens (including phenoxy) is 1. The summed E-state index contributed by atoms with van der Waals surface area (Å²) >= 11 is 0. The van der Waals surface area contributed by atoms with E-state index in [0.717, 1.165) is 12.2 Å². The van der Waals surface area contributed by atoms with Crippen LogP contribution >= 0.6 is 0 Å². The van der Waals surface area contributed by atoms with Gasteiger partial charge in [-0.3, -0.25) is 4.79 Å². The third-order valence-corrected chi connectivity index (χ3v) is 3.02. The van der Waals surface area contributed by atoms with Crippen molar-refractivity contribution in [2.24, 2.45) is 0 Å². The lowest BCUT2D eigenvalue weighted by atomic mass is 10.1. The molecule has 4 heteroatoms. The largest absolute Gasteiger partial charge is 0.493 e. The molecule has 1 amide bonds. The van der Waals surface area contributed by atoms with Gasteiger partial charge in [0, 0.05) is 12.2 Å². The molecule has 0 fully saturated rings. The van der Waals surface area contributed by atoms with Crippen molar-refractivity contribution in [3.8, 4) is 5.75 Å². The Balaban J connectivity index is 2.10. The van der Waals surface area contributed by atoms with E-state index < -0.39 is 0 Å². The maximum absolute atomic E-state index is 12.3. The first-order chi connectivity index (χ1) is 10.2. The van der Waals surface area contributed by atoms with Gasteiger partial charge in [-0.15, -0.1) is 0 Å². The molecule has 0 aliphatic carbocycles. The van der Waals surface area contributed by atoms with Crippen LogP contribution in [0.3, 0.4) is 0 Å².